The number of hydrogen-bond acceptors (Lipinski definition) is 4. The molecule has 0 saturated heterocycles. The maximum absolute atomic E-state index is 15.1. The van der Waals surface area contributed by atoms with E-state index in [9.17, 15) is 9.59 Å². The number of halogens is 1. The number of rotatable bonds is 9. The van der Waals surface area contributed by atoms with Crippen molar-refractivity contribution in [2.24, 2.45) is 0 Å². The van der Waals surface area contributed by atoms with Crippen molar-refractivity contribution in [3.63, 3.8) is 0 Å². The first kappa shape index (κ1) is 24.0. The second-order valence-electron chi connectivity index (χ2n) is 8.50. The van der Waals surface area contributed by atoms with Crippen molar-refractivity contribution in [3.8, 4) is 5.75 Å². The lowest BCUT2D eigenvalue weighted by Crippen LogP contribution is -2.46. The van der Waals surface area contributed by atoms with Crippen molar-refractivity contribution in [2.45, 2.75) is 50.7 Å². The highest BCUT2D eigenvalue weighted by Crippen LogP contribution is 2.30. The third-order valence-electron chi connectivity index (χ3n) is 6.22. The van der Waals surface area contributed by atoms with Gasteiger partial charge in [0.1, 0.15) is 17.6 Å². The number of carbonyl (C=O) groups excluding carboxylic acids is 2. The van der Waals surface area contributed by atoms with Crippen molar-refractivity contribution in [2.75, 3.05) is 7.11 Å². The minimum Gasteiger partial charge on any atom is -0.496 e. The van der Waals surface area contributed by atoms with Crippen LogP contribution in [-0.4, -0.2) is 29.9 Å². The summed E-state index contributed by atoms with van der Waals surface area (Å²) in [5, 5.41) is 5.00. The zero-order valence-corrected chi connectivity index (χ0v) is 20.0. The van der Waals surface area contributed by atoms with Crippen molar-refractivity contribution >= 4 is 23.2 Å². The molecule has 0 radical (unpaired) electrons. The normalized spacial score (nSPS) is 14.5. The van der Waals surface area contributed by atoms with Gasteiger partial charge in [0, 0.05) is 22.0 Å². The van der Waals surface area contributed by atoms with Gasteiger partial charge in [0.25, 0.3) is 0 Å². The molecule has 0 spiro atoms. The molecule has 178 valence electrons. The van der Waals surface area contributed by atoms with E-state index in [1.165, 1.54) is 22.3 Å². The van der Waals surface area contributed by atoms with Crippen LogP contribution in [-0.2, 0) is 22.6 Å². The van der Waals surface area contributed by atoms with Gasteiger partial charge in [-0.1, -0.05) is 55.3 Å². The highest BCUT2D eigenvalue weighted by molar-refractivity contribution is 7.10. The van der Waals surface area contributed by atoms with E-state index in [1.807, 2.05) is 41.8 Å². The quantitative estimate of drug-likeness (QED) is 0.454. The third-order valence-corrected chi connectivity index (χ3v) is 7.10. The van der Waals surface area contributed by atoms with E-state index in [0.29, 0.717) is 5.75 Å². The molecule has 1 saturated carbocycles. The van der Waals surface area contributed by atoms with Gasteiger partial charge in [-0.25, -0.2) is 4.39 Å². The van der Waals surface area contributed by atoms with Crippen LogP contribution in [0.25, 0.3) is 0 Å². The Morgan fingerprint density at radius 2 is 1.82 bits per heavy atom. The summed E-state index contributed by atoms with van der Waals surface area (Å²) in [5.41, 5.74) is 0.937. The first-order chi connectivity index (χ1) is 16.6. The number of thiophene rings is 1. The van der Waals surface area contributed by atoms with Crippen molar-refractivity contribution in [1.82, 2.24) is 10.2 Å². The molecule has 0 bridgehead atoms. The van der Waals surface area contributed by atoms with E-state index in [0.717, 1.165) is 36.1 Å². The van der Waals surface area contributed by atoms with Gasteiger partial charge in [0.2, 0.25) is 11.8 Å². The van der Waals surface area contributed by atoms with Crippen molar-refractivity contribution in [3.05, 3.63) is 87.9 Å². The lowest BCUT2D eigenvalue weighted by Gasteiger charge is -2.33. The molecule has 1 aliphatic carbocycles. The molecule has 0 aliphatic heterocycles. The van der Waals surface area contributed by atoms with Gasteiger partial charge in [0.05, 0.1) is 20.1 Å². The maximum Gasteiger partial charge on any atom is 0.247 e. The molecule has 1 aromatic heterocycles. The lowest BCUT2D eigenvalue weighted by molar-refractivity contribution is -0.141. The molecule has 0 unspecified atom stereocenters. The average Bonchev–Trinajstić information content (AvgIpc) is 3.54. The van der Waals surface area contributed by atoms with Crippen molar-refractivity contribution in [1.29, 1.82) is 0 Å². The second kappa shape index (κ2) is 11.3. The van der Waals surface area contributed by atoms with Crippen LogP contribution in [0, 0.1) is 5.82 Å². The Kier molecular flexibility index (Phi) is 7.95. The van der Waals surface area contributed by atoms with Crippen LogP contribution >= 0.6 is 11.3 Å². The molecular formula is C27H29FN2O3S. The number of methoxy groups -OCH3 is 1. The topological polar surface area (TPSA) is 58.6 Å². The fraction of sp³-hybridized carbons (Fsp3) is 0.333. The minimum absolute atomic E-state index is 0.0438. The predicted molar refractivity (Wildman–Crippen MR) is 131 cm³/mol. The number of amides is 2. The fourth-order valence-corrected chi connectivity index (χ4v) is 5.20. The summed E-state index contributed by atoms with van der Waals surface area (Å²) in [7, 11) is 1.57. The summed E-state index contributed by atoms with van der Waals surface area (Å²) in [6.07, 6.45) is 4.03. The van der Waals surface area contributed by atoms with E-state index < -0.39 is 11.9 Å². The molecular weight excluding hydrogens is 451 g/mol. The van der Waals surface area contributed by atoms with E-state index >= 15 is 4.39 Å². The fourth-order valence-electron chi connectivity index (χ4n) is 4.50. The van der Waals surface area contributed by atoms with Crippen LogP contribution in [0.2, 0.25) is 0 Å². The summed E-state index contributed by atoms with van der Waals surface area (Å²) in [5.74, 6) is -0.502. The first-order valence-electron chi connectivity index (χ1n) is 11.6. The SMILES string of the molecule is COc1ccccc1CN(C(=O)Cc1cccs1)[C@@H](C(=O)NC1CCCC1)c1ccccc1F. The van der Waals surface area contributed by atoms with Crippen LogP contribution in [0.1, 0.15) is 47.7 Å². The number of para-hydroxylation sites is 1. The molecule has 1 fully saturated rings. The summed E-state index contributed by atoms with van der Waals surface area (Å²) in [6.45, 7) is 0.116. The van der Waals surface area contributed by atoms with Gasteiger partial charge in [-0.05, 0) is 36.4 Å². The van der Waals surface area contributed by atoms with Crippen LogP contribution in [0.5, 0.6) is 5.75 Å². The molecule has 7 heteroatoms. The van der Waals surface area contributed by atoms with E-state index in [-0.39, 0.29) is 36.4 Å². The third kappa shape index (κ3) is 5.65. The molecule has 1 heterocycles. The Balaban J connectivity index is 1.74. The van der Waals surface area contributed by atoms with Gasteiger partial charge in [-0.15, -0.1) is 11.3 Å². The Hall–Kier alpha value is -3.19. The standard InChI is InChI=1S/C27H29FN2O3S/c1-33-24-15-7-2-9-19(24)18-30(25(31)17-21-12-8-16-34-21)26(22-13-5-6-14-23(22)28)27(32)29-20-10-3-4-11-20/h2,5-9,12-16,20,26H,3-4,10-11,17-18H2,1H3,(H,29,32)/t26-/m1/s1. The summed E-state index contributed by atoms with van der Waals surface area (Å²) in [4.78, 5) is 29.7. The van der Waals surface area contributed by atoms with Crippen molar-refractivity contribution < 1.29 is 18.7 Å². The first-order valence-corrected chi connectivity index (χ1v) is 12.4. The number of ether oxygens (including phenoxy) is 1. The molecule has 1 atom stereocenters. The monoisotopic (exact) mass is 480 g/mol. The van der Waals surface area contributed by atoms with Gasteiger partial charge in [-0.3, -0.25) is 9.59 Å². The molecule has 2 aromatic carbocycles. The zero-order chi connectivity index (χ0) is 23.9. The zero-order valence-electron chi connectivity index (χ0n) is 19.2. The largest absolute Gasteiger partial charge is 0.496 e. The molecule has 34 heavy (non-hydrogen) atoms. The highest BCUT2D eigenvalue weighted by atomic mass is 32.1. The average molecular weight is 481 g/mol. The summed E-state index contributed by atoms with van der Waals surface area (Å²) < 4.78 is 20.6. The molecule has 1 aliphatic rings. The summed E-state index contributed by atoms with van der Waals surface area (Å²) in [6, 6.07) is 16.3. The Labute approximate surface area is 203 Å². The molecule has 5 nitrogen and oxygen atoms in total. The number of nitrogens with zero attached hydrogens (tertiary/aromatic N) is 1. The van der Waals surface area contributed by atoms with E-state index in [1.54, 1.807) is 25.3 Å². The molecule has 2 amide bonds. The number of hydrogen-bond donors (Lipinski definition) is 1. The molecule has 4 rings (SSSR count). The van der Waals surface area contributed by atoms with E-state index in [4.69, 9.17) is 4.74 Å². The number of benzene rings is 2. The van der Waals surface area contributed by atoms with Gasteiger partial charge < -0.3 is 15.0 Å². The van der Waals surface area contributed by atoms with Gasteiger partial charge in [-0.2, -0.15) is 0 Å². The highest BCUT2D eigenvalue weighted by Gasteiger charge is 2.35. The Morgan fingerprint density at radius 1 is 1.09 bits per heavy atom. The van der Waals surface area contributed by atoms with Crippen LogP contribution in [0.4, 0.5) is 4.39 Å². The second-order valence-corrected chi connectivity index (χ2v) is 9.54. The van der Waals surface area contributed by atoms with Crippen LogP contribution < -0.4 is 10.1 Å². The minimum atomic E-state index is -1.10. The smallest absolute Gasteiger partial charge is 0.247 e. The van der Waals surface area contributed by atoms with Crippen LogP contribution in [0.15, 0.2) is 66.0 Å². The number of carbonyl (C=O) groups is 2. The number of nitrogens with one attached hydrogen (secondary N) is 1. The summed E-state index contributed by atoms with van der Waals surface area (Å²) >= 11 is 1.48. The Morgan fingerprint density at radius 3 is 2.53 bits per heavy atom. The molecule has 1 N–H and O–H groups in total. The van der Waals surface area contributed by atoms with Gasteiger partial charge >= 0.3 is 0 Å². The predicted octanol–water partition coefficient (Wildman–Crippen LogP) is 5.27. The molecule has 3 aromatic rings. The lowest BCUT2D eigenvalue weighted by atomic mass is 10.0. The van der Waals surface area contributed by atoms with Crippen LogP contribution in [0.3, 0.4) is 0 Å². The van der Waals surface area contributed by atoms with Gasteiger partial charge in [0.15, 0.2) is 0 Å². The van der Waals surface area contributed by atoms with E-state index in [2.05, 4.69) is 5.32 Å². The Bertz CT molecular complexity index is 1110. The maximum atomic E-state index is 15.1.